The summed E-state index contributed by atoms with van der Waals surface area (Å²) in [6.07, 6.45) is 6.43. The van der Waals surface area contributed by atoms with E-state index < -0.39 is 21.7 Å². The van der Waals surface area contributed by atoms with Gasteiger partial charge in [-0.1, -0.05) is 30.9 Å². The number of carbonyl (C=O) groups excluding carboxylic acids is 1. The first-order chi connectivity index (χ1) is 13.7. The molecule has 1 saturated carbocycles. The third-order valence-corrected chi connectivity index (χ3v) is 6.89. The van der Waals surface area contributed by atoms with Crippen LogP contribution in [-0.2, 0) is 17.1 Å². The molecule has 29 heavy (non-hydrogen) atoms. The molecule has 3 rings (SSSR count). The average molecular weight is 443 g/mol. The Labute approximate surface area is 174 Å². The van der Waals surface area contributed by atoms with E-state index in [1.165, 1.54) is 12.1 Å². The first-order valence-corrected chi connectivity index (χ1v) is 11.5. The lowest BCUT2D eigenvalue weighted by Gasteiger charge is -2.21. The van der Waals surface area contributed by atoms with Gasteiger partial charge in [0.1, 0.15) is 5.82 Å². The van der Waals surface area contributed by atoms with Crippen molar-refractivity contribution in [3.05, 3.63) is 40.6 Å². The number of aromatic nitrogens is 2. The highest BCUT2D eigenvalue weighted by molar-refractivity contribution is 7.89. The van der Waals surface area contributed by atoms with E-state index in [4.69, 9.17) is 11.6 Å². The zero-order valence-corrected chi connectivity index (χ0v) is 17.9. The van der Waals surface area contributed by atoms with E-state index in [0.717, 1.165) is 37.9 Å². The van der Waals surface area contributed by atoms with Gasteiger partial charge in [-0.05, 0) is 37.8 Å². The quantitative estimate of drug-likeness (QED) is 0.671. The van der Waals surface area contributed by atoms with Crippen LogP contribution in [0.2, 0.25) is 5.02 Å². The van der Waals surface area contributed by atoms with Gasteiger partial charge in [-0.3, -0.25) is 10.2 Å². The molecular weight excluding hydrogens is 419 g/mol. The number of nitrogens with zero attached hydrogens (tertiary/aromatic N) is 2. The van der Waals surface area contributed by atoms with Gasteiger partial charge in [0, 0.05) is 12.6 Å². The molecule has 1 amide bonds. The highest BCUT2D eigenvalue weighted by Gasteiger charge is 2.23. The van der Waals surface area contributed by atoms with Crippen molar-refractivity contribution in [3.8, 4) is 11.3 Å². The number of amides is 1. The Kier molecular flexibility index (Phi) is 6.60. The maximum Gasteiger partial charge on any atom is 0.269 e. The summed E-state index contributed by atoms with van der Waals surface area (Å²) in [6.45, 7) is 1.81. The second-order valence-corrected chi connectivity index (χ2v) is 9.59. The predicted octanol–water partition coefficient (Wildman–Crippen LogP) is 3.33. The van der Waals surface area contributed by atoms with Crippen molar-refractivity contribution < 1.29 is 17.6 Å². The van der Waals surface area contributed by atoms with Gasteiger partial charge in [0.05, 0.1) is 28.2 Å². The molecule has 2 aromatic rings. The smallest absolute Gasteiger partial charge is 0.269 e. The number of nitrogens with one attached hydrogen (secondary N) is 2. The van der Waals surface area contributed by atoms with E-state index in [1.807, 2.05) is 6.92 Å². The Morgan fingerprint density at radius 3 is 2.62 bits per heavy atom. The minimum atomic E-state index is -3.72. The fourth-order valence-corrected chi connectivity index (χ4v) is 5.07. The number of hydrazine groups is 1. The molecule has 1 aromatic heterocycles. The van der Waals surface area contributed by atoms with Gasteiger partial charge >= 0.3 is 0 Å². The Hall–Kier alpha value is -1.97. The largest absolute Gasteiger partial charge is 0.331 e. The summed E-state index contributed by atoms with van der Waals surface area (Å²) in [6, 6.07) is 2.72. The summed E-state index contributed by atoms with van der Waals surface area (Å²) in [5.74, 6) is -1.09. The van der Waals surface area contributed by atoms with Gasteiger partial charge < -0.3 is 4.57 Å². The molecule has 1 heterocycles. The fourth-order valence-electron chi connectivity index (χ4n) is 3.57. The summed E-state index contributed by atoms with van der Waals surface area (Å²) in [4.78, 5) is 18.7. The van der Waals surface area contributed by atoms with Crippen LogP contribution in [0.1, 0.15) is 48.3 Å². The van der Waals surface area contributed by atoms with Crippen LogP contribution in [0.25, 0.3) is 11.3 Å². The molecule has 0 atom stereocenters. The maximum absolute atomic E-state index is 14.5. The first kappa shape index (κ1) is 21.7. The standard InChI is InChI=1S/C19H24ClFN4O3S/c1-12-22-10-17(25(12)2)14-8-15(18(21)16(20)9-14)19(26)23-24-29(27,28)11-13-6-4-3-5-7-13/h8-10,13,24H,3-7,11H2,1-2H3,(H,23,26). The third kappa shape index (κ3) is 5.15. The number of hydrogen-bond acceptors (Lipinski definition) is 4. The average Bonchev–Trinajstić information content (AvgIpc) is 3.01. The molecule has 1 aromatic carbocycles. The number of halogens is 2. The van der Waals surface area contributed by atoms with Crippen molar-refractivity contribution >= 4 is 27.5 Å². The highest BCUT2D eigenvalue weighted by atomic mass is 35.5. The molecule has 2 N–H and O–H groups in total. The SMILES string of the molecule is Cc1ncc(-c2cc(Cl)c(F)c(C(=O)NNS(=O)(=O)CC3CCCCC3)c2)n1C. The highest BCUT2D eigenvalue weighted by Crippen LogP contribution is 2.28. The van der Waals surface area contributed by atoms with Gasteiger partial charge in [0.15, 0.2) is 5.82 Å². The molecule has 158 valence electrons. The minimum absolute atomic E-state index is 0.0646. The Morgan fingerprint density at radius 1 is 1.31 bits per heavy atom. The molecule has 1 aliphatic rings. The lowest BCUT2D eigenvalue weighted by atomic mass is 9.91. The van der Waals surface area contributed by atoms with E-state index >= 15 is 0 Å². The molecule has 0 aliphatic heterocycles. The zero-order valence-electron chi connectivity index (χ0n) is 16.3. The van der Waals surface area contributed by atoms with Crippen molar-refractivity contribution in [1.82, 2.24) is 19.8 Å². The van der Waals surface area contributed by atoms with Gasteiger partial charge in [-0.25, -0.2) is 17.8 Å². The lowest BCUT2D eigenvalue weighted by molar-refractivity contribution is 0.0941. The number of carbonyl (C=O) groups is 1. The molecule has 0 unspecified atom stereocenters. The van der Waals surface area contributed by atoms with E-state index in [1.54, 1.807) is 17.8 Å². The third-order valence-electron chi connectivity index (χ3n) is 5.29. The van der Waals surface area contributed by atoms with Crippen LogP contribution in [-0.4, -0.2) is 29.6 Å². The molecule has 0 radical (unpaired) electrons. The van der Waals surface area contributed by atoms with Gasteiger partial charge in [-0.15, -0.1) is 4.83 Å². The number of sulfonamides is 1. The summed E-state index contributed by atoms with van der Waals surface area (Å²) < 4.78 is 40.8. The molecule has 7 nitrogen and oxygen atoms in total. The summed E-state index contributed by atoms with van der Waals surface area (Å²) in [5.41, 5.74) is 2.89. The van der Waals surface area contributed by atoms with Crippen molar-refractivity contribution in [2.24, 2.45) is 13.0 Å². The van der Waals surface area contributed by atoms with Crippen molar-refractivity contribution in [2.45, 2.75) is 39.0 Å². The van der Waals surface area contributed by atoms with Crippen LogP contribution in [0, 0.1) is 18.7 Å². The van der Waals surface area contributed by atoms with Crippen molar-refractivity contribution in [1.29, 1.82) is 0 Å². The molecule has 0 spiro atoms. The zero-order chi connectivity index (χ0) is 21.2. The van der Waals surface area contributed by atoms with Crippen molar-refractivity contribution in [2.75, 3.05) is 5.75 Å². The second kappa shape index (κ2) is 8.81. The van der Waals surface area contributed by atoms with Crippen LogP contribution in [0.3, 0.4) is 0 Å². The van der Waals surface area contributed by atoms with Gasteiger partial charge in [-0.2, -0.15) is 0 Å². The van der Waals surface area contributed by atoms with Gasteiger partial charge in [0.2, 0.25) is 10.0 Å². The number of imidazole rings is 1. The van der Waals surface area contributed by atoms with E-state index in [2.05, 4.69) is 15.2 Å². The monoisotopic (exact) mass is 442 g/mol. The normalized spacial score (nSPS) is 15.4. The van der Waals surface area contributed by atoms with Crippen molar-refractivity contribution in [3.63, 3.8) is 0 Å². The fraction of sp³-hybridized carbons (Fsp3) is 0.474. The van der Waals surface area contributed by atoms with E-state index in [-0.39, 0.29) is 22.3 Å². The van der Waals surface area contributed by atoms with Crippen LogP contribution in [0.4, 0.5) is 4.39 Å². The molecule has 10 heteroatoms. The molecule has 1 fully saturated rings. The van der Waals surface area contributed by atoms with Crippen LogP contribution < -0.4 is 10.3 Å². The number of hydrogen-bond donors (Lipinski definition) is 2. The first-order valence-electron chi connectivity index (χ1n) is 9.45. The number of rotatable bonds is 6. The maximum atomic E-state index is 14.5. The van der Waals surface area contributed by atoms with Gasteiger partial charge in [0.25, 0.3) is 5.91 Å². The number of aryl methyl sites for hydroxylation is 1. The van der Waals surface area contributed by atoms with Crippen LogP contribution >= 0.6 is 11.6 Å². The molecule has 0 bridgehead atoms. The van der Waals surface area contributed by atoms with E-state index in [9.17, 15) is 17.6 Å². The Balaban J connectivity index is 1.75. The number of benzene rings is 1. The van der Waals surface area contributed by atoms with Crippen LogP contribution in [0.5, 0.6) is 0 Å². The topological polar surface area (TPSA) is 93.1 Å². The molecule has 1 aliphatic carbocycles. The lowest BCUT2D eigenvalue weighted by Crippen LogP contribution is -2.44. The Morgan fingerprint density at radius 2 is 2.00 bits per heavy atom. The van der Waals surface area contributed by atoms with E-state index in [0.29, 0.717) is 11.3 Å². The molecular formula is C19H24ClFN4O3S. The second-order valence-electron chi connectivity index (χ2n) is 7.41. The summed E-state index contributed by atoms with van der Waals surface area (Å²) >= 11 is 5.97. The molecule has 0 saturated heterocycles. The summed E-state index contributed by atoms with van der Waals surface area (Å²) in [7, 11) is -1.94. The van der Waals surface area contributed by atoms with Crippen LogP contribution in [0.15, 0.2) is 18.3 Å². The predicted molar refractivity (Wildman–Crippen MR) is 109 cm³/mol. The Bertz CT molecular complexity index is 1020. The minimum Gasteiger partial charge on any atom is -0.331 e. The summed E-state index contributed by atoms with van der Waals surface area (Å²) in [5, 5.41) is -0.239.